The molecule has 0 amide bonds. The molecule has 5 atom stereocenters. The summed E-state index contributed by atoms with van der Waals surface area (Å²) in [5.74, 6) is 0. The predicted octanol–water partition coefficient (Wildman–Crippen LogP) is 1.58. The Hall–Kier alpha value is -2.28. The molecule has 6 heteroatoms. The maximum absolute atomic E-state index is 10.8. The van der Waals surface area contributed by atoms with Crippen LogP contribution in [0.15, 0.2) is 53.8 Å². The van der Waals surface area contributed by atoms with Crippen molar-refractivity contribution in [3.05, 3.63) is 87.2 Å². The molecule has 0 aromatic heterocycles. The normalized spacial score (nSPS) is 15.8. The number of rotatable bonds is 10. The second-order valence-electron chi connectivity index (χ2n) is 8.76. The molecule has 0 fully saturated rings. The van der Waals surface area contributed by atoms with Crippen LogP contribution < -0.4 is 0 Å². The molecule has 2 aromatic carbocycles. The zero-order valence-electron chi connectivity index (χ0n) is 19.7. The van der Waals surface area contributed by atoms with Crippen molar-refractivity contribution in [2.24, 2.45) is 0 Å². The van der Waals surface area contributed by atoms with Gasteiger partial charge in [0.15, 0.2) is 0 Å². The largest absolute Gasteiger partial charge is 0.394 e. The summed E-state index contributed by atoms with van der Waals surface area (Å²) in [5, 5.41) is 60.1. The first-order chi connectivity index (χ1) is 15.5. The highest BCUT2D eigenvalue weighted by molar-refractivity contribution is 5.34. The SMILES string of the molecule is Cc1ccc(CC=C=C(Cc2ccc(C)c(C)c2)C(O)[C@@H](O)[C@@H](O)[C@H](O)[C@@H](O)CO)cc1C. The van der Waals surface area contributed by atoms with E-state index in [4.69, 9.17) is 5.11 Å². The van der Waals surface area contributed by atoms with Crippen molar-refractivity contribution in [1.82, 2.24) is 0 Å². The number of benzene rings is 2. The lowest BCUT2D eigenvalue weighted by Crippen LogP contribution is -2.50. The minimum Gasteiger partial charge on any atom is -0.394 e. The number of aryl methyl sites for hydroxylation is 4. The first kappa shape index (κ1) is 27.0. The van der Waals surface area contributed by atoms with Crippen LogP contribution in [0.1, 0.15) is 33.4 Å². The van der Waals surface area contributed by atoms with Gasteiger partial charge in [0, 0.05) is 12.0 Å². The summed E-state index contributed by atoms with van der Waals surface area (Å²) >= 11 is 0. The molecule has 6 nitrogen and oxygen atoms in total. The van der Waals surface area contributed by atoms with Crippen molar-refractivity contribution >= 4 is 0 Å². The van der Waals surface area contributed by atoms with E-state index in [2.05, 4.69) is 11.8 Å². The fourth-order valence-corrected chi connectivity index (χ4v) is 3.54. The summed E-state index contributed by atoms with van der Waals surface area (Å²) in [4.78, 5) is 0. The Morgan fingerprint density at radius 2 is 1.30 bits per heavy atom. The molecule has 6 N–H and O–H groups in total. The average molecular weight is 457 g/mol. The van der Waals surface area contributed by atoms with E-state index in [1.807, 2.05) is 58.0 Å². The summed E-state index contributed by atoms with van der Waals surface area (Å²) in [7, 11) is 0. The van der Waals surface area contributed by atoms with Crippen molar-refractivity contribution < 1.29 is 30.6 Å². The smallest absolute Gasteiger partial charge is 0.113 e. The quantitative estimate of drug-likeness (QED) is 0.302. The number of aliphatic hydroxyl groups is 6. The molecule has 1 unspecified atom stereocenters. The molecule has 0 aliphatic rings. The fourth-order valence-electron chi connectivity index (χ4n) is 3.54. The minimum atomic E-state index is -1.86. The van der Waals surface area contributed by atoms with Gasteiger partial charge in [-0.2, -0.15) is 0 Å². The molecule has 0 aliphatic heterocycles. The number of hydrogen-bond donors (Lipinski definition) is 6. The van der Waals surface area contributed by atoms with E-state index in [1.54, 1.807) is 6.08 Å². The molecule has 0 saturated carbocycles. The van der Waals surface area contributed by atoms with Gasteiger partial charge in [-0.05, 0) is 73.6 Å². The van der Waals surface area contributed by atoms with Gasteiger partial charge in [-0.3, -0.25) is 0 Å². The van der Waals surface area contributed by atoms with Gasteiger partial charge in [-0.15, -0.1) is 5.73 Å². The summed E-state index contributed by atoms with van der Waals surface area (Å²) in [6, 6.07) is 12.0. The second kappa shape index (κ2) is 12.3. The molecule has 0 bridgehead atoms. The van der Waals surface area contributed by atoms with Crippen LogP contribution in [0.3, 0.4) is 0 Å². The van der Waals surface area contributed by atoms with Gasteiger partial charge in [0.1, 0.15) is 30.5 Å². The van der Waals surface area contributed by atoms with E-state index < -0.39 is 37.1 Å². The first-order valence-corrected chi connectivity index (χ1v) is 11.1. The second-order valence-corrected chi connectivity index (χ2v) is 8.76. The highest BCUT2D eigenvalue weighted by Crippen LogP contribution is 2.20. The van der Waals surface area contributed by atoms with Crippen molar-refractivity contribution in [2.45, 2.75) is 71.1 Å². The van der Waals surface area contributed by atoms with Crippen LogP contribution >= 0.6 is 0 Å². The third kappa shape index (κ3) is 7.36. The third-order valence-corrected chi connectivity index (χ3v) is 6.12. The lowest BCUT2D eigenvalue weighted by atomic mass is 9.91. The Bertz CT molecular complexity index is 992. The Labute approximate surface area is 195 Å². The molecule has 0 heterocycles. The summed E-state index contributed by atoms with van der Waals surface area (Å²) in [6.45, 7) is 7.28. The zero-order chi connectivity index (χ0) is 24.7. The van der Waals surface area contributed by atoms with Crippen LogP contribution in [-0.4, -0.2) is 67.8 Å². The Morgan fingerprint density at radius 1 is 0.758 bits per heavy atom. The van der Waals surface area contributed by atoms with Crippen LogP contribution in [-0.2, 0) is 12.8 Å². The predicted molar refractivity (Wildman–Crippen MR) is 128 cm³/mol. The monoisotopic (exact) mass is 456 g/mol. The molecular formula is C27H36O6. The van der Waals surface area contributed by atoms with Gasteiger partial charge >= 0.3 is 0 Å². The van der Waals surface area contributed by atoms with Crippen LogP contribution in [0, 0.1) is 27.7 Å². The molecule has 33 heavy (non-hydrogen) atoms. The standard InChI is InChI=1S/C27H36O6/c1-16-8-10-20(12-18(16)3)6-5-7-22(14-21-11-9-17(2)19(4)13-21)24(30)26(32)27(33)25(31)23(29)15-28/h5,8-13,23-33H,6,14-15H2,1-4H3/t7?,23-,24?,25+,26+,27-/m0/s1. The summed E-state index contributed by atoms with van der Waals surface area (Å²) in [6.07, 6.45) is -6.05. The van der Waals surface area contributed by atoms with Crippen molar-refractivity contribution in [2.75, 3.05) is 6.61 Å². The number of hydrogen-bond acceptors (Lipinski definition) is 6. The minimum absolute atomic E-state index is 0.272. The van der Waals surface area contributed by atoms with Gasteiger partial charge in [0.25, 0.3) is 0 Å². The zero-order valence-corrected chi connectivity index (χ0v) is 19.7. The molecule has 0 saturated heterocycles. The molecular weight excluding hydrogens is 420 g/mol. The lowest BCUT2D eigenvalue weighted by molar-refractivity contribution is -0.134. The highest BCUT2D eigenvalue weighted by Gasteiger charge is 2.35. The fraction of sp³-hybridized carbons (Fsp3) is 0.444. The van der Waals surface area contributed by atoms with E-state index in [0.717, 1.165) is 22.3 Å². The van der Waals surface area contributed by atoms with Crippen LogP contribution in [0.2, 0.25) is 0 Å². The lowest BCUT2D eigenvalue weighted by Gasteiger charge is -2.29. The molecule has 0 spiro atoms. The Kier molecular flexibility index (Phi) is 10.0. The Balaban J connectivity index is 2.34. The highest BCUT2D eigenvalue weighted by atomic mass is 16.4. The van der Waals surface area contributed by atoms with E-state index >= 15 is 0 Å². The van der Waals surface area contributed by atoms with E-state index in [1.165, 1.54) is 11.1 Å². The third-order valence-electron chi connectivity index (χ3n) is 6.12. The van der Waals surface area contributed by atoms with E-state index in [9.17, 15) is 25.5 Å². The van der Waals surface area contributed by atoms with Crippen molar-refractivity contribution in [3.8, 4) is 0 Å². The average Bonchev–Trinajstić information content (AvgIpc) is 2.80. The Morgan fingerprint density at radius 3 is 1.85 bits per heavy atom. The van der Waals surface area contributed by atoms with Gasteiger partial charge in [-0.1, -0.05) is 36.4 Å². The maximum Gasteiger partial charge on any atom is 0.113 e. The van der Waals surface area contributed by atoms with Crippen molar-refractivity contribution in [3.63, 3.8) is 0 Å². The van der Waals surface area contributed by atoms with E-state index in [0.29, 0.717) is 12.0 Å². The van der Waals surface area contributed by atoms with Gasteiger partial charge < -0.3 is 30.6 Å². The molecule has 2 aromatic rings. The van der Waals surface area contributed by atoms with E-state index in [-0.39, 0.29) is 6.42 Å². The van der Waals surface area contributed by atoms with Crippen LogP contribution in [0.5, 0.6) is 0 Å². The molecule has 0 radical (unpaired) electrons. The number of aliphatic hydroxyl groups excluding tert-OH is 6. The van der Waals surface area contributed by atoms with Crippen molar-refractivity contribution in [1.29, 1.82) is 0 Å². The first-order valence-electron chi connectivity index (χ1n) is 11.1. The van der Waals surface area contributed by atoms with Gasteiger partial charge in [0.2, 0.25) is 0 Å². The van der Waals surface area contributed by atoms with Gasteiger partial charge in [0.05, 0.1) is 6.61 Å². The summed E-state index contributed by atoms with van der Waals surface area (Å²) < 4.78 is 0. The molecule has 180 valence electrons. The van der Waals surface area contributed by atoms with Crippen LogP contribution in [0.25, 0.3) is 0 Å². The molecule has 0 aliphatic carbocycles. The topological polar surface area (TPSA) is 121 Å². The maximum atomic E-state index is 10.8. The summed E-state index contributed by atoms with van der Waals surface area (Å²) in [5.41, 5.74) is 9.98. The van der Waals surface area contributed by atoms with Crippen LogP contribution in [0.4, 0.5) is 0 Å². The van der Waals surface area contributed by atoms with Gasteiger partial charge in [-0.25, -0.2) is 0 Å². The molecule has 2 rings (SSSR count).